The number of hydrogen-bond acceptors (Lipinski definition) is 3. The summed E-state index contributed by atoms with van der Waals surface area (Å²) in [7, 11) is 1.59. The lowest BCUT2D eigenvalue weighted by Crippen LogP contribution is -2.37. The normalized spacial score (nSPS) is 10.6. The molecule has 0 spiro atoms. The average Bonchev–Trinajstić information content (AvgIpc) is 2.91. The number of methoxy groups -OCH3 is 1. The van der Waals surface area contributed by atoms with Crippen molar-refractivity contribution in [1.29, 1.82) is 0 Å². The molecule has 3 aromatic rings. The number of hydrogen-bond donors (Lipinski definition) is 2. The zero-order chi connectivity index (χ0) is 26.6. The Bertz CT molecular complexity index is 1170. The Kier molecular flexibility index (Phi) is 11.1. The molecule has 0 radical (unpaired) electrons. The first kappa shape index (κ1) is 28.4. The highest BCUT2D eigenvalue weighted by atomic mass is 35.5. The SMILES string of the molecule is CCCCCc1ccc(C(=O)NCCCN(C(=O)Nc2ccc(Cl)c(Cl)c2)c2ccc(OC)cc2)cc1. The van der Waals surface area contributed by atoms with E-state index in [1.807, 2.05) is 36.4 Å². The monoisotopic (exact) mass is 541 g/mol. The fourth-order valence-electron chi connectivity index (χ4n) is 3.82. The van der Waals surface area contributed by atoms with Crippen molar-refractivity contribution < 1.29 is 14.3 Å². The highest BCUT2D eigenvalue weighted by Crippen LogP contribution is 2.26. The van der Waals surface area contributed by atoms with Crippen LogP contribution in [0.4, 0.5) is 16.2 Å². The molecule has 0 heterocycles. The average molecular weight is 543 g/mol. The Labute approximate surface area is 228 Å². The lowest BCUT2D eigenvalue weighted by atomic mass is 10.1. The third kappa shape index (κ3) is 8.69. The van der Waals surface area contributed by atoms with Gasteiger partial charge in [-0.3, -0.25) is 9.69 Å². The van der Waals surface area contributed by atoms with Crippen LogP contribution in [0, 0.1) is 0 Å². The molecular formula is C29H33Cl2N3O3. The molecule has 0 unspecified atom stereocenters. The number of urea groups is 1. The lowest BCUT2D eigenvalue weighted by Gasteiger charge is -2.24. The summed E-state index contributed by atoms with van der Waals surface area (Å²) in [5.41, 5.74) is 3.10. The van der Waals surface area contributed by atoms with Gasteiger partial charge in [0.2, 0.25) is 0 Å². The van der Waals surface area contributed by atoms with Gasteiger partial charge in [-0.1, -0.05) is 55.1 Å². The van der Waals surface area contributed by atoms with Crippen LogP contribution < -0.4 is 20.3 Å². The van der Waals surface area contributed by atoms with E-state index in [1.165, 1.54) is 18.4 Å². The van der Waals surface area contributed by atoms with E-state index in [-0.39, 0.29) is 11.9 Å². The molecule has 0 aromatic heterocycles. The lowest BCUT2D eigenvalue weighted by molar-refractivity contribution is 0.0953. The summed E-state index contributed by atoms with van der Waals surface area (Å²) in [6, 6.07) is 19.6. The number of anilines is 2. The Morgan fingerprint density at radius 2 is 1.62 bits per heavy atom. The van der Waals surface area contributed by atoms with Gasteiger partial charge >= 0.3 is 6.03 Å². The molecule has 3 rings (SSSR count). The Hall–Kier alpha value is -3.22. The van der Waals surface area contributed by atoms with Crippen LogP contribution in [0.3, 0.4) is 0 Å². The first-order valence-electron chi connectivity index (χ1n) is 12.5. The number of rotatable bonds is 12. The van der Waals surface area contributed by atoms with E-state index in [1.54, 1.807) is 42.3 Å². The minimum Gasteiger partial charge on any atom is -0.497 e. The second-order valence-corrected chi connectivity index (χ2v) is 9.49. The van der Waals surface area contributed by atoms with E-state index >= 15 is 0 Å². The largest absolute Gasteiger partial charge is 0.497 e. The van der Waals surface area contributed by atoms with Crippen molar-refractivity contribution in [3.05, 3.63) is 87.9 Å². The van der Waals surface area contributed by atoms with Crippen molar-refractivity contribution >= 4 is 46.5 Å². The van der Waals surface area contributed by atoms with Crippen LogP contribution >= 0.6 is 23.2 Å². The van der Waals surface area contributed by atoms with Crippen LogP contribution in [0.5, 0.6) is 5.75 Å². The summed E-state index contributed by atoms with van der Waals surface area (Å²) in [4.78, 5) is 27.4. The van der Waals surface area contributed by atoms with Gasteiger partial charge in [-0.25, -0.2) is 4.79 Å². The minimum absolute atomic E-state index is 0.128. The molecule has 37 heavy (non-hydrogen) atoms. The molecule has 2 N–H and O–H groups in total. The fraction of sp³-hybridized carbons (Fsp3) is 0.310. The molecule has 6 nitrogen and oxygen atoms in total. The van der Waals surface area contributed by atoms with Crippen LogP contribution in [-0.2, 0) is 6.42 Å². The molecule has 0 aliphatic carbocycles. The van der Waals surface area contributed by atoms with E-state index in [2.05, 4.69) is 17.6 Å². The van der Waals surface area contributed by atoms with Gasteiger partial charge in [0.05, 0.1) is 17.2 Å². The number of unbranched alkanes of at least 4 members (excludes halogenated alkanes) is 2. The molecular weight excluding hydrogens is 509 g/mol. The van der Waals surface area contributed by atoms with Crippen molar-refractivity contribution in [2.24, 2.45) is 0 Å². The first-order chi connectivity index (χ1) is 17.9. The third-order valence-electron chi connectivity index (χ3n) is 5.93. The number of aryl methyl sites for hydroxylation is 1. The predicted molar refractivity (Wildman–Crippen MR) is 152 cm³/mol. The maximum Gasteiger partial charge on any atom is 0.326 e. The zero-order valence-corrected chi connectivity index (χ0v) is 22.7. The van der Waals surface area contributed by atoms with E-state index in [0.29, 0.717) is 52.2 Å². The maximum atomic E-state index is 13.2. The molecule has 3 aromatic carbocycles. The van der Waals surface area contributed by atoms with Crippen molar-refractivity contribution in [1.82, 2.24) is 5.32 Å². The predicted octanol–water partition coefficient (Wildman–Crippen LogP) is 7.59. The number of nitrogens with one attached hydrogen (secondary N) is 2. The number of halogens is 2. The molecule has 0 aliphatic heterocycles. The quantitative estimate of drug-likeness (QED) is 0.232. The highest BCUT2D eigenvalue weighted by molar-refractivity contribution is 6.42. The van der Waals surface area contributed by atoms with E-state index in [4.69, 9.17) is 27.9 Å². The fourth-order valence-corrected chi connectivity index (χ4v) is 4.12. The molecule has 0 saturated carbocycles. The van der Waals surface area contributed by atoms with E-state index in [0.717, 1.165) is 12.8 Å². The van der Waals surface area contributed by atoms with Gasteiger partial charge in [0.15, 0.2) is 0 Å². The van der Waals surface area contributed by atoms with E-state index < -0.39 is 0 Å². The zero-order valence-electron chi connectivity index (χ0n) is 21.2. The van der Waals surface area contributed by atoms with Crippen LogP contribution in [-0.4, -0.2) is 32.1 Å². The summed E-state index contributed by atoms with van der Waals surface area (Å²) >= 11 is 12.1. The number of ether oxygens (including phenoxy) is 1. The number of nitrogens with zero attached hydrogens (tertiary/aromatic N) is 1. The molecule has 8 heteroatoms. The van der Waals surface area contributed by atoms with Gasteiger partial charge in [0, 0.05) is 30.0 Å². The highest BCUT2D eigenvalue weighted by Gasteiger charge is 2.17. The van der Waals surface area contributed by atoms with Gasteiger partial charge < -0.3 is 15.4 Å². The van der Waals surface area contributed by atoms with Crippen LogP contribution in [0.25, 0.3) is 0 Å². The second-order valence-electron chi connectivity index (χ2n) is 8.67. The van der Waals surface area contributed by atoms with Gasteiger partial charge in [-0.05, 0) is 79.4 Å². The number of amides is 3. The summed E-state index contributed by atoms with van der Waals surface area (Å²) in [6.45, 7) is 2.99. The van der Waals surface area contributed by atoms with Gasteiger partial charge in [0.25, 0.3) is 5.91 Å². The maximum absolute atomic E-state index is 13.2. The van der Waals surface area contributed by atoms with Gasteiger partial charge in [-0.2, -0.15) is 0 Å². The summed E-state index contributed by atoms with van der Waals surface area (Å²) < 4.78 is 5.23. The third-order valence-corrected chi connectivity index (χ3v) is 6.67. The molecule has 0 atom stereocenters. The Morgan fingerprint density at radius 3 is 2.27 bits per heavy atom. The molecule has 0 saturated heterocycles. The van der Waals surface area contributed by atoms with Crippen LogP contribution in [0.1, 0.15) is 48.5 Å². The van der Waals surface area contributed by atoms with Crippen molar-refractivity contribution in [3.63, 3.8) is 0 Å². The molecule has 0 bridgehead atoms. The standard InChI is InChI=1S/C29H33Cl2N3O3/c1-3-4-5-7-21-8-10-22(11-9-21)28(35)32-18-6-19-34(24-13-15-25(37-2)16-14-24)29(36)33-23-12-17-26(30)27(31)20-23/h8-17,20H,3-7,18-19H2,1-2H3,(H,32,35)(H,33,36). The molecule has 3 amide bonds. The number of benzene rings is 3. The van der Waals surface area contributed by atoms with Gasteiger partial charge in [0.1, 0.15) is 5.75 Å². The minimum atomic E-state index is -0.325. The summed E-state index contributed by atoms with van der Waals surface area (Å²) in [5.74, 6) is 0.564. The number of carbonyl (C=O) groups excluding carboxylic acids is 2. The smallest absolute Gasteiger partial charge is 0.326 e. The summed E-state index contributed by atoms with van der Waals surface area (Å²) in [5, 5.41) is 6.57. The van der Waals surface area contributed by atoms with Crippen molar-refractivity contribution in [2.45, 2.75) is 39.0 Å². The first-order valence-corrected chi connectivity index (χ1v) is 13.2. The molecule has 0 fully saturated rings. The molecule has 0 aliphatic rings. The second kappa shape index (κ2) is 14.5. The van der Waals surface area contributed by atoms with E-state index in [9.17, 15) is 9.59 Å². The van der Waals surface area contributed by atoms with Crippen LogP contribution in [0.2, 0.25) is 10.0 Å². The summed E-state index contributed by atoms with van der Waals surface area (Å²) in [6.07, 6.45) is 5.14. The number of carbonyl (C=O) groups is 2. The van der Waals surface area contributed by atoms with Crippen molar-refractivity contribution in [2.75, 3.05) is 30.4 Å². The van der Waals surface area contributed by atoms with Crippen molar-refractivity contribution in [3.8, 4) is 5.75 Å². The Balaban J connectivity index is 1.59. The Morgan fingerprint density at radius 1 is 0.892 bits per heavy atom. The topological polar surface area (TPSA) is 70.7 Å². The molecule has 196 valence electrons. The van der Waals surface area contributed by atoms with Crippen LogP contribution in [0.15, 0.2) is 66.7 Å². The van der Waals surface area contributed by atoms with Gasteiger partial charge in [-0.15, -0.1) is 0 Å².